The van der Waals surface area contributed by atoms with Crippen LogP contribution in [0.1, 0.15) is 0 Å². The Hall–Kier alpha value is 0.0500. The summed E-state index contributed by atoms with van der Waals surface area (Å²) < 4.78 is 0. The van der Waals surface area contributed by atoms with E-state index >= 15 is 0 Å². The molecule has 2 heteroatoms. The quantitative estimate of drug-likeness (QED) is 0.418. The normalized spacial score (nSPS) is 2.50. The van der Waals surface area contributed by atoms with E-state index in [1.54, 1.807) is 0 Å². The van der Waals surface area contributed by atoms with Gasteiger partial charge in [-0.3, -0.25) is 0 Å². The Kier molecular flexibility index (Phi) is 11500. The maximum Gasteiger partial charge on any atom is 0.0319 e. The first-order valence-corrected chi connectivity index (χ1v) is 1.31. The summed E-state index contributed by atoms with van der Waals surface area (Å²) in [6.45, 7) is 0. The molecule has 0 fully saturated rings. The lowest BCUT2D eigenvalue weighted by atomic mass is 11.8. The fourth-order valence-corrected chi connectivity index (χ4v) is 0. The number of aliphatic hydroxyl groups is 1. The number of aliphatic hydroxyl groups excluding tert-OH is 1. The van der Waals surface area contributed by atoms with Gasteiger partial charge in [0.25, 0.3) is 0 Å². The first kappa shape index (κ1) is 8.96. The highest BCUT2D eigenvalue weighted by molar-refractivity contribution is 7.77. The van der Waals surface area contributed by atoms with Crippen LogP contribution >= 0.6 is 12.2 Å². The zero-order valence-corrected chi connectivity index (χ0v) is 3.38. The highest BCUT2D eigenvalue weighted by Gasteiger charge is 0.839. The number of hydrogen-bond donors (Lipinski definition) is 1. The van der Waals surface area contributed by atoms with Crippen molar-refractivity contribution in [1.82, 2.24) is 0 Å². The third-order valence-electron chi connectivity index (χ3n) is 0. The Morgan fingerprint density at radius 3 is 1.50 bits per heavy atom. The molecule has 0 aromatic carbocycles. The number of thiocarbonyl (C=S) groups is 1. The van der Waals surface area contributed by atoms with Crippen molar-refractivity contribution in [3.63, 3.8) is 0 Å². The van der Waals surface area contributed by atoms with Gasteiger partial charge >= 0.3 is 0 Å². The molecule has 0 saturated carbocycles. The molecule has 1 N–H and O–H groups in total. The van der Waals surface area contributed by atoms with E-state index < -0.39 is 0 Å². The molecule has 0 saturated heterocycles. The lowest BCUT2D eigenvalue weighted by molar-refractivity contribution is 0.399. The smallest absolute Gasteiger partial charge is 0.0319 e. The topological polar surface area (TPSA) is 20.2 Å². The summed E-state index contributed by atoms with van der Waals surface area (Å²) in [5.74, 6) is 2.83. The third-order valence-corrected chi connectivity index (χ3v) is 0. The van der Waals surface area contributed by atoms with Gasteiger partial charge in [-0.15, -0.1) is 0 Å². The van der Waals surface area contributed by atoms with Crippen LogP contribution in [0.25, 0.3) is 0 Å². The van der Waals surface area contributed by atoms with E-state index in [9.17, 15) is 0 Å². The first-order chi connectivity index (χ1) is 2.00. The second-order valence-electron chi connectivity index (χ2n) is 0. The minimum Gasteiger partial charge on any atom is -0.400 e. The lowest BCUT2D eigenvalue weighted by Crippen LogP contribution is -1.25. The van der Waals surface area contributed by atoms with Crippen molar-refractivity contribution < 1.29 is 5.11 Å². The Bertz CT molecular complexity index is 6.00. The van der Waals surface area contributed by atoms with E-state index in [0.717, 1.165) is 7.11 Å². The van der Waals surface area contributed by atoms with E-state index in [4.69, 9.17) is 5.11 Å². The van der Waals surface area contributed by atoms with Crippen LogP contribution in [-0.4, -0.2) is 18.1 Å². The van der Waals surface area contributed by atoms with Crippen LogP contribution in [0.4, 0.5) is 0 Å². The average molecular weight is 78.1 g/mol. The second kappa shape index (κ2) is 5130. The first-order valence-electron chi connectivity index (χ1n) is 0.736. The van der Waals surface area contributed by atoms with Gasteiger partial charge in [0.05, 0.1) is 0 Å². The summed E-state index contributed by atoms with van der Waals surface area (Å²) in [6, 6.07) is 0. The molecule has 0 radical (unpaired) electrons. The molecule has 1 nitrogen and oxygen atoms in total. The predicted molar refractivity (Wildman–Crippen MR) is 22.9 cm³/mol. The van der Waals surface area contributed by atoms with Crippen molar-refractivity contribution in [1.29, 1.82) is 0 Å². The van der Waals surface area contributed by atoms with E-state index in [-0.39, 0.29) is 0 Å². The van der Waals surface area contributed by atoms with Crippen molar-refractivity contribution in [2.24, 2.45) is 0 Å². The van der Waals surface area contributed by atoms with Crippen LogP contribution in [0.15, 0.2) is 0 Å². The molecule has 4 heavy (non-hydrogen) atoms. The zero-order chi connectivity index (χ0) is 4.00. The Morgan fingerprint density at radius 1 is 1.50 bits per heavy atom. The van der Waals surface area contributed by atoms with Crippen LogP contribution in [-0.2, 0) is 0 Å². The Morgan fingerprint density at radius 2 is 1.50 bits per heavy atom. The maximum atomic E-state index is 7.00. The summed E-state index contributed by atoms with van der Waals surface area (Å²) in [5.41, 5.74) is 0. The van der Waals surface area contributed by atoms with Crippen LogP contribution in [0, 0.1) is 0 Å². The predicted octanol–water partition coefficient (Wildman–Crippen LogP) is 0.224. The number of rotatable bonds is 0. The van der Waals surface area contributed by atoms with Gasteiger partial charge in [-0.2, -0.15) is 0 Å². The zero-order valence-electron chi connectivity index (χ0n) is 2.56. The van der Waals surface area contributed by atoms with Gasteiger partial charge in [-0.1, -0.05) is 12.2 Å². The van der Waals surface area contributed by atoms with Gasteiger partial charge in [0.1, 0.15) is 0 Å². The largest absolute Gasteiger partial charge is 0.400 e. The van der Waals surface area contributed by atoms with E-state index in [1.165, 1.54) is 0 Å². The minimum absolute atomic E-state index is 1.00. The molecular weight excluding hydrogens is 72.1 g/mol. The van der Waals surface area contributed by atoms with E-state index in [1.807, 2.05) is 0 Å². The molecular formula is C2H6OS. The van der Waals surface area contributed by atoms with Gasteiger partial charge in [0, 0.05) is 7.11 Å². The molecule has 26 valence electrons. The lowest BCUT2D eigenvalue weighted by Gasteiger charge is -1.21. The summed E-state index contributed by atoms with van der Waals surface area (Å²) in [7, 11) is 1.00. The Balaban J connectivity index is 0. The second-order valence-corrected chi connectivity index (χ2v) is 0. The van der Waals surface area contributed by atoms with E-state index in [2.05, 4.69) is 18.1 Å². The molecule has 0 atom stereocenters. The van der Waals surface area contributed by atoms with Crippen LogP contribution < -0.4 is 0 Å². The minimum atomic E-state index is 1.00. The van der Waals surface area contributed by atoms with Gasteiger partial charge in [-0.25, -0.2) is 0 Å². The molecule has 0 unspecified atom stereocenters. The number of hydrogen-bond acceptors (Lipinski definition) is 2. The van der Waals surface area contributed by atoms with Gasteiger partial charge < -0.3 is 5.11 Å². The molecule has 0 heterocycles. The van der Waals surface area contributed by atoms with Crippen LogP contribution in [0.5, 0.6) is 0 Å². The van der Waals surface area contributed by atoms with Gasteiger partial charge in [-0.05, 0) is 5.87 Å². The summed E-state index contributed by atoms with van der Waals surface area (Å²) >= 11 is 3.83. The summed E-state index contributed by atoms with van der Waals surface area (Å²) in [5, 5.41) is 7.00. The molecule has 0 rings (SSSR count). The van der Waals surface area contributed by atoms with Crippen molar-refractivity contribution in [3.05, 3.63) is 0 Å². The molecule has 0 amide bonds. The fourth-order valence-electron chi connectivity index (χ4n) is 0. The van der Waals surface area contributed by atoms with E-state index in [0.29, 0.717) is 0 Å². The van der Waals surface area contributed by atoms with Crippen LogP contribution in [0.3, 0.4) is 0 Å². The maximum absolute atomic E-state index is 7.00. The Labute approximate surface area is 31.3 Å². The summed E-state index contributed by atoms with van der Waals surface area (Å²) in [6.07, 6.45) is 0. The molecule has 0 aliphatic heterocycles. The standard InChI is InChI=1S/CH4O.CH2S/c2*1-2/h2H,1H3;1H2. The fraction of sp³-hybridized carbons (Fsp3) is 0.500. The third kappa shape index (κ3) is 904. The van der Waals surface area contributed by atoms with Gasteiger partial charge in [0.2, 0.25) is 0 Å². The molecule has 0 bridgehead atoms. The highest BCUT2D eigenvalue weighted by atomic mass is 32.1. The molecule has 0 spiro atoms. The van der Waals surface area contributed by atoms with Crippen molar-refractivity contribution in [2.75, 3.05) is 7.11 Å². The van der Waals surface area contributed by atoms with Crippen molar-refractivity contribution in [2.45, 2.75) is 0 Å². The summed E-state index contributed by atoms with van der Waals surface area (Å²) in [4.78, 5) is 0. The molecule has 0 aliphatic carbocycles. The monoisotopic (exact) mass is 78.0 g/mol. The highest BCUT2D eigenvalue weighted by Crippen LogP contribution is 1.03. The SMILES string of the molecule is C=S.CO. The molecule has 0 aromatic rings. The molecule has 0 aromatic heterocycles. The average Bonchev–Trinajstić information content (AvgIpc) is 1.50. The molecule has 0 aliphatic rings. The van der Waals surface area contributed by atoms with Gasteiger partial charge in [0.15, 0.2) is 0 Å². The van der Waals surface area contributed by atoms with Crippen LogP contribution in [0.2, 0.25) is 0 Å². The van der Waals surface area contributed by atoms with Crippen molar-refractivity contribution >= 4 is 18.1 Å². The van der Waals surface area contributed by atoms with Crippen molar-refractivity contribution in [3.8, 4) is 0 Å².